The highest BCUT2D eigenvalue weighted by molar-refractivity contribution is 7.94. The van der Waals surface area contributed by atoms with Crippen molar-refractivity contribution in [2.45, 2.75) is 11.5 Å². The monoisotopic (exact) mass is 414 g/mol. The van der Waals surface area contributed by atoms with E-state index in [9.17, 15) is 9.18 Å². The van der Waals surface area contributed by atoms with Crippen LogP contribution in [0.2, 0.25) is 0 Å². The Balaban J connectivity index is 1.68. The molecule has 3 aromatic rings. The molecule has 0 saturated carbocycles. The Labute approximate surface area is 172 Å². The molecule has 0 fully saturated rings. The van der Waals surface area contributed by atoms with Crippen molar-refractivity contribution in [1.82, 2.24) is 0 Å². The molecule has 0 spiro atoms. The van der Waals surface area contributed by atoms with E-state index in [0.717, 1.165) is 22.5 Å². The molecule has 0 aromatic heterocycles. The summed E-state index contributed by atoms with van der Waals surface area (Å²) in [5.41, 5.74) is 2.05. The molecule has 0 aliphatic rings. The van der Waals surface area contributed by atoms with E-state index in [-0.39, 0.29) is 19.0 Å². The minimum absolute atomic E-state index is 0.278. The highest BCUT2D eigenvalue weighted by Gasteiger charge is 2.09. The summed E-state index contributed by atoms with van der Waals surface area (Å²) in [7, 11) is 1.56. The maximum Gasteiger partial charge on any atom is 0.331 e. The van der Waals surface area contributed by atoms with Crippen molar-refractivity contribution < 1.29 is 27.9 Å². The van der Waals surface area contributed by atoms with Crippen molar-refractivity contribution in [3.05, 3.63) is 78.1 Å². The zero-order valence-electron chi connectivity index (χ0n) is 15.6. The van der Waals surface area contributed by atoms with E-state index in [2.05, 4.69) is 0 Å². The lowest BCUT2D eigenvalue weighted by atomic mass is 10.0. The van der Waals surface area contributed by atoms with Gasteiger partial charge in [0.05, 0.1) is 7.11 Å². The van der Waals surface area contributed by atoms with Gasteiger partial charge in [0.25, 0.3) is 0 Å². The molecular formula is C22H19FO5S. The zero-order chi connectivity index (χ0) is 20.6. The number of carbonyl (C=O) groups is 1. The first-order valence-electron chi connectivity index (χ1n) is 8.72. The summed E-state index contributed by atoms with van der Waals surface area (Å²) < 4.78 is 30.3. The van der Waals surface area contributed by atoms with Crippen LogP contribution in [0.15, 0.2) is 71.6 Å². The van der Waals surface area contributed by atoms with Crippen LogP contribution in [0.5, 0.6) is 11.5 Å². The normalized spacial score (nSPS) is 10.6. The summed E-state index contributed by atoms with van der Waals surface area (Å²) in [6.45, 7) is -0.0935. The van der Waals surface area contributed by atoms with Gasteiger partial charge in [-0.2, -0.15) is 0 Å². The number of carboxylic acid groups (broad SMARTS) is 1. The number of carboxylic acids is 1. The summed E-state index contributed by atoms with van der Waals surface area (Å²) in [5, 5.41) is 8.57. The maximum absolute atomic E-state index is 14.1. The lowest BCUT2D eigenvalue weighted by Crippen LogP contribution is -2.02. The van der Waals surface area contributed by atoms with Gasteiger partial charge in [-0.1, -0.05) is 18.2 Å². The van der Waals surface area contributed by atoms with Gasteiger partial charge in [0.2, 0.25) is 0 Å². The Morgan fingerprint density at radius 3 is 2.48 bits per heavy atom. The van der Waals surface area contributed by atoms with Gasteiger partial charge in [0.1, 0.15) is 23.9 Å². The first-order valence-corrected chi connectivity index (χ1v) is 9.46. The molecule has 29 heavy (non-hydrogen) atoms. The van der Waals surface area contributed by atoms with Gasteiger partial charge < -0.3 is 14.6 Å². The average molecular weight is 414 g/mol. The van der Waals surface area contributed by atoms with Crippen LogP contribution in [-0.2, 0) is 15.6 Å². The van der Waals surface area contributed by atoms with Crippen molar-refractivity contribution in [2.75, 3.05) is 13.7 Å². The Kier molecular flexibility index (Phi) is 7.10. The van der Waals surface area contributed by atoms with Gasteiger partial charge in [0.15, 0.2) is 6.61 Å². The van der Waals surface area contributed by atoms with Crippen LogP contribution >= 0.6 is 12.0 Å². The number of benzene rings is 3. The van der Waals surface area contributed by atoms with Crippen molar-refractivity contribution in [2.24, 2.45) is 0 Å². The van der Waals surface area contributed by atoms with Crippen LogP contribution in [0.3, 0.4) is 0 Å². The fourth-order valence-electron chi connectivity index (χ4n) is 2.62. The third-order valence-electron chi connectivity index (χ3n) is 3.95. The second-order valence-corrected chi connectivity index (χ2v) is 6.92. The fraction of sp³-hybridized carbons (Fsp3) is 0.136. The van der Waals surface area contributed by atoms with Crippen LogP contribution in [0, 0.1) is 5.82 Å². The van der Waals surface area contributed by atoms with Crippen LogP contribution < -0.4 is 9.47 Å². The molecule has 0 bridgehead atoms. The van der Waals surface area contributed by atoms with Gasteiger partial charge in [-0.05, 0) is 59.7 Å². The molecule has 0 aliphatic carbocycles. The van der Waals surface area contributed by atoms with Crippen molar-refractivity contribution in [1.29, 1.82) is 0 Å². The Morgan fingerprint density at radius 2 is 1.79 bits per heavy atom. The molecule has 5 nitrogen and oxygen atoms in total. The molecule has 1 N–H and O–H groups in total. The van der Waals surface area contributed by atoms with E-state index < -0.39 is 5.97 Å². The van der Waals surface area contributed by atoms with Crippen LogP contribution in [0.25, 0.3) is 11.1 Å². The fourth-order valence-corrected chi connectivity index (χ4v) is 3.16. The topological polar surface area (TPSA) is 65.0 Å². The minimum atomic E-state index is -1.02. The molecule has 150 valence electrons. The average Bonchev–Trinajstić information content (AvgIpc) is 2.73. The summed E-state index contributed by atoms with van der Waals surface area (Å²) in [5.74, 6) is -0.0640. The molecule has 3 rings (SSSR count). The molecule has 0 saturated heterocycles. The summed E-state index contributed by atoms with van der Waals surface area (Å²) in [4.78, 5) is 11.2. The molecule has 3 aromatic carbocycles. The Hall–Kier alpha value is -3.03. The molecule has 7 heteroatoms. The second kappa shape index (κ2) is 9.95. The lowest BCUT2D eigenvalue weighted by molar-refractivity contribution is -0.138. The molecule has 0 unspecified atom stereocenters. The van der Waals surface area contributed by atoms with Gasteiger partial charge in [-0.3, -0.25) is 4.18 Å². The molecule has 0 atom stereocenters. The van der Waals surface area contributed by atoms with Crippen LogP contribution in [-0.4, -0.2) is 24.8 Å². The molecule has 0 amide bonds. The smallest absolute Gasteiger partial charge is 0.331 e. The number of rotatable bonds is 9. The van der Waals surface area contributed by atoms with Gasteiger partial charge >= 0.3 is 5.97 Å². The maximum atomic E-state index is 14.1. The number of aliphatic carboxylic acids is 1. The Bertz CT molecular complexity index is 975. The number of hydrogen-bond acceptors (Lipinski definition) is 5. The van der Waals surface area contributed by atoms with Crippen LogP contribution in [0.1, 0.15) is 5.56 Å². The van der Waals surface area contributed by atoms with Crippen molar-refractivity contribution >= 4 is 18.0 Å². The first-order chi connectivity index (χ1) is 14.0. The van der Waals surface area contributed by atoms with E-state index in [1.165, 1.54) is 6.07 Å². The third kappa shape index (κ3) is 5.97. The molecule has 0 radical (unpaired) electrons. The highest BCUT2D eigenvalue weighted by atomic mass is 32.2. The number of ether oxygens (including phenoxy) is 2. The van der Waals surface area contributed by atoms with E-state index >= 15 is 0 Å². The van der Waals surface area contributed by atoms with E-state index in [1.807, 2.05) is 12.1 Å². The van der Waals surface area contributed by atoms with Crippen LogP contribution in [0.4, 0.5) is 4.39 Å². The van der Waals surface area contributed by atoms with E-state index in [4.69, 9.17) is 18.8 Å². The summed E-state index contributed by atoms with van der Waals surface area (Å²) in [6, 6.07) is 19.2. The second-order valence-electron chi connectivity index (χ2n) is 6.05. The number of halogens is 1. The largest absolute Gasteiger partial charge is 0.497 e. The molecular weight excluding hydrogens is 395 g/mol. The van der Waals surface area contributed by atoms with E-state index in [1.54, 1.807) is 55.6 Å². The summed E-state index contributed by atoms with van der Waals surface area (Å²) >= 11 is 0.989. The van der Waals surface area contributed by atoms with Crippen molar-refractivity contribution in [3.8, 4) is 22.6 Å². The van der Waals surface area contributed by atoms with Crippen molar-refractivity contribution in [3.63, 3.8) is 0 Å². The van der Waals surface area contributed by atoms with E-state index in [0.29, 0.717) is 22.6 Å². The Morgan fingerprint density at radius 1 is 1.03 bits per heavy atom. The first kappa shape index (κ1) is 20.7. The summed E-state index contributed by atoms with van der Waals surface area (Å²) in [6.07, 6.45) is 0. The quantitative estimate of drug-likeness (QED) is 0.486. The predicted octanol–water partition coefficient (Wildman–Crippen LogP) is 5.19. The lowest BCUT2D eigenvalue weighted by Gasteiger charge is -2.12. The number of methoxy groups -OCH3 is 1. The van der Waals surface area contributed by atoms with Gasteiger partial charge in [0, 0.05) is 22.5 Å². The predicted molar refractivity (Wildman–Crippen MR) is 109 cm³/mol. The van der Waals surface area contributed by atoms with Gasteiger partial charge in [-0.15, -0.1) is 0 Å². The van der Waals surface area contributed by atoms with Gasteiger partial charge in [-0.25, -0.2) is 9.18 Å². The molecule has 0 heterocycles. The SMILES string of the molecule is COc1cc(COc2ccc(SOCC(=O)O)cc2)cc(-c2ccccc2F)c1. The number of hydrogen-bond donors (Lipinski definition) is 1. The third-order valence-corrected chi connectivity index (χ3v) is 4.65. The molecule has 0 aliphatic heterocycles. The zero-order valence-corrected chi connectivity index (χ0v) is 16.4. The standard InChI is InChI=1S/C22H19FO5S/c1-26-18-11-15(10-16(12-18)20-4-2-3-5-21(20)23)13-27-17-6-8-19(9-7-17)29-28-14-22(24)25/h2-12H,13-14H2,1H3,(H,24,25). The minimum Gasteiger partial charge on any atom is -0.497 e. The highest BCUT2D eigenvalue weighted by Crippen LogP contribution is 2.29.